The fourth-order valence-corrected chi connectivity index (χ4v) is 5.15. The number of hydrogen-bond acceptors (Lipinski definition) is 4. The Labute approximate surface area is 243 Å². The van der Waals surface area contributed by atoms with Gasteiger partial charge in [0.2, 0.25) is 0 Å². The first-order chi connectivity index (χ1) is 22.4. The molecule has 0 amide bonds. The van der Waals surface area contributed by atoms with E-state index in [1.807, 2.05) is 78.9 Å². The van der Waals surface area contributed by atoms with Crippen molar-refractivity contribution in [3.05, 3.63) is 139 Å². The van der Waals surface area contributed by atoms with Gasteiger partial charge in [-0.2, -0.15) is 0 Å². The van der Waals surface area contributed by atoms with Crippen LogP contribution in [0.25, 0.3) is 78.0 Å². The molecule has 0 N–H and O–H groups in total. The minimum Gasteiger partial charge on any atom is -0.456 e. The van der Waals surface area contributed by atoms with Gasteiger partial charge in [-0.05, 0) is 52.2 Å². The van der Waals surface area contributed by atoms with E-state index in [0.717, 1.165) is 32.9 Å². The minimum absolute atomic E-state index is 0.00671. The Bertz CT molecular complexity index is 2460. The van der Waals surface area contributed by atoms with E-state index in [1.165, 1.54) is 5.39 Å². The SMILES string of the molecule is [2H]c1c([2H])c([2H])c(-c2nc(-c3ccc(-c4ccc5ccccc5c4)cc3)nc(-c3ccc4oc5ccccc5c4c3)n2)c([2H])c1[2H]. The maximum absolute atomic E-state index is 8.60. The molecular formula is C37H23N3O. The van der Waals surface area contributed by atoms with E-state index in [9.17, 15) is 0 Å². The summed E-state index contributed by atoms with van der Waals surface area (Å²) in [7, 11) is 0. The number of fused-ring (bicyclic) bond motifs is 4. The Balaban J connectivity index is 1.30. The lowest BCUT2D eigenvalue weighted by molar-refractivity contribution is 0.669. The molecular weight excluding hydrogens is 502 g/mol. The van der Waals surface area contributed by atoms with E-state index in [4.69, 9.17) is 16.3 Å². The number of rotatable bonds is 4. The summed E-state index contributed by atoms with van der Waals surface area (Å²) in [5.41, 5.74) is 4.85. The van der Waals surface area contributed by atoms with Crippen LogP contribution < -0.4 is 0 Å². The predicted molar refractivity (Wildman–Crippen MR) is 166 cm³/mol. The largest absolute Gasteiger partial charge is 0.456 e. The van der Waals surface area contributed by atoms with E-state index in [1.54, 1.807) is 0 Å². The van der Waals surface area contributed by atoms with Crippen LogP contribution in [0.4, 0.5) is 0 Å². The van der Waals surface area contributed by atoms with E-state index in [0.29, 0.717) is 28.4 Å². The van der Waals surface area contributed by atoms with Crippen LogP contribution in [0.5, 0.6) is 0 Å². The zero-order valence-electron chi connectivity index (χ0n) is 26.6. The molecule has 0 saturated heterocycles. The Hall–Kier alpha value is -5.61. The molecule has 0 saturated carbocycles. The fraction of sp³-hybridized carbons (Fsp3) is 0. The van der Waals surface area contributed by atoms with Gasteiger partial charge in [0.25, 0.3) is 0 Å². The summed E-state index contributed by atoms with van der Waals surface area (Å²) >= 11 is 0. The van der Waals surface area contributed by atoms with Crippen molar-refractivity contribution in [3.63, 3.8) is 0 Å². The van der Waals surface area contributed by atoms with Crippen molar-refractivity contribution in [3.8, 4) is 45.3 Å². The summed E-state index contributed by atoms with van der Waals surface area (Å²) in [5, 5.41) is 4.15. The summed E-state index contributed by atoms with van der Waals surface area (Å²) in [6.07, 6.45) is 0. The third kappa shape index (κ3) is 4.23. The molecule has 41 heavy (non-hydrogen) atoms. The highest BCUT2D eigenvalue weighted by molar-refractivity contribution is 6.06. The average Bonchev–Trinajstić information content (AvgIpc) is 3.48. The first kappa shape index (κ1) is 18.6. The molecule has 2 aromatic heterocycles. The molecule has 0 aliphatic heterocycles. The van der Waals surface area contributed by atoms with Crippen LogP contribution in [-0.4, -0.2) is 15.0 Å². The molecule has 0 aliphatic carbocycles. The number of aromatic nitrogens is 3. The second-order valence-electron chi connectivity index (χ2n) is 9.75. The molecule has 0 atom stereocenters. The fourth-order valence-electron chi connectivity index (χ4n) is 5.15. The van der Waals surface area contributed by atoms with Gasteiger partial charge in [-0.25, -0.2) is 15.0 Å². The second-order valence-corrected chi connectivity index (χ2v) is 9.75. The normalized spacial score (nSPS) is 13.1. The van der Waals surface area contributed by atoms with Crippen LogP contribution in [-0.2, 0) is 0 Å². The molecule has 4 heteroatoms. The van der Waals surface area contributed by atoms with Gasteiger partial charge in [0.05, 0.1) is 6.85 Å². The zero-order chi connectivity index (χ0) is 31.5. The van der Waals surface area contributed by atoms with Crippen molar-refractivity contribution >= 4 is 32.7 Å². The quantitative estimate of drug-likeness (QED) is 0.227. The van der Waals surface area contributed by atoms with E-state index in [2.05, 4.69) is 40.3 Å². The minimum atomic E-state index is -0.477. The van der Waals surface area contributed by atoms with Crippen molar-refractivity contribution in [2.24, 2.45) is 0 Å². The topological polar surface area (TPSA) is 51.8 Å². The van der Waals surface area contributed by atoms with Crippen LogP contribution in [0.2, 0.25) is 0 Å². The zero-order valence-corrected chi connectivity index (χ0v) is 21.6. The first-order valence-electron chi connectivity index (χ1n) is 15.7. The monoisotopic (exact) mass is 530 g/mol. The maximum Gasteiger partial charge on any atom is 0.164 e. The molecule has 6 aromatic carbocycles. The van der Waals surface area contributed by atoms with Crippen LogP contribution >= 0.6 is 0 Å². The molecule has 0 spiro atoms. The number of furan rings is 1. The lowest BCUT2D eigenvalue weighted by atomic mass is 10.00. The molecule has 8 rings (SSSR count). The molecule has 0 bridgehead atoms. The van der Waals surface area contributed by atoms with Crippen molar-refractivity contribution in [1.82, 2.24) is 15.0 Å². The van der Waals surface area contributed by atoms with Crippen LogP contribution in [0, 0.1) is 0 Å². The predicted octanol–water partition coefficient (Wildman–Crippen LogP) is 9.59. The van der Waals surface area contributed by atoms with Crippen LogP contribution in [0.3, 0.4) is 0 Å². The highest BCUT2D eigenvalue weighted by Gasteiger charge is 2.14. The van der Waals surface area contributed by atoms with Gasteiger partial charge in [0, 0.05) is 27.5 Å². The number of hydrogen-bond donors (Lipinski definition) is 0. The molecule has 0 aliphatic rings. The first-order valence-corrected chi connectivity index (χ1v) is 13.2. The second kappa shape index (κ2) is 9.54. The highest BCUT2D eigenvalue weighted by Crippen LogP contribution is 2.33. The third-order valence-electron chi connectivity index (χ3n) is 7.22. The Morgan fingerprint density at radius 1 is 0.439 bits per heavy atom. The summed E-state index contributed by atoms with van der Waals surface area (Å²) in [6, 6.07) is 33.6. The van der Waals surface area contributed by atoms with E-state index < -0.39 is 18.1 Å². The van der Waals surface area contributed by atoms with Gasteiger partial charge >= 0.3 is 0 Å². The van der Waals surface area contributed by atoms with Gasteiger partial charge in [-0.3, -0.25) is 0 Å². The standard InChI is InChI=1S/C37H23N3O/c1-2-9-26(10-3-1)35-38-36(27-17-14-25(15-18-27)29-19-16-24-8-4-5-11-28(24)22-29)40-37(39-35)30-20-21-34-32(23-30)31-12-6-7-13-33(31)41-34/h1-23H/i1D,2D,3D,9D,10D. The van der Waals surface area contributed by atoms with E-state index >= 15 is 0 Å². The number of benzene rings is 6. The number of nitrogens with zero attached hydrogens (tertiary/aromatic N) is 3. The number of para-hydroxylation sites is 1. The molecule has 4 nitrogen and oxygen atoms in total. The van der Waals surface area contributed by atoms with Gasteiger partial charge in [-0.15, -0.1) is 0 Å². The summed E-state index contributed by atoms with van der Waals surface area (Å²) in [6.45, 7) is 0. The van der Waals surface area contributed by atoms with Gasteiger partial charge in [-0.1, -0.05) is 109 Å². The average molecular weight is 531 g/mol. The Morgan fingerprint density at radius 2 is 1.05 bits per heavy atom. The molecule has 0 fully saturated rings. The molecule has 2 heterocycles. The lowest BCUT2D eigenvalue weighted by Gasteiger charge is -2.09. The molecule has 8 aromatic rings. The van der Waals surface area contributed by atoms with Gasteiger partial charge in [0.1, 0.15) is 11.2 Å². The van der Waals surface area contributed by atoms with Crippen molar-refractivity contribution < 1.29 is 11.3 Å². The molecule has 0 unspecified atom stereocenters. The summed E-state index contributed by atoms with van der Waals surface area (Å²) in [4.78, 5) is 14.2. The van der Waals surface area contributed by atoms with Crippen molar-refractivity contribution in [2.45, 2.75) is 0 Å². The molecule has 0 radical (unpaired) electrons. The molecule has 192 valence electrons. The smallest absolute Gasteiger partial charge is 0.164 e. The Kier molecular flexibility index (Phi) is 4.34. The lowest BCUT2D eigenvalue weighted by Crippen LogP contribution is -2.00. The van der Waals surface area contributed by atoms with Gasteiger partial charge < -0.3 is 4.42 Å². The van der Waals surface area contributed by atoms with Crippen LogP contribution in [0.1, 0.15) is 6.85 Å². The highest BCUT2D eigenvalue weighted by atomic mass is 16.3. The summed E-state index contributed by atoms with van der Waals surface area (Å²) < 4.78 is 47.7. The van der Waals surface area contributed by atoms with E-state index in [-0.39, 0.29) is 23.5 Å². The van der Waals surface area contributed by atoms with Gasteiger partial charge in [0.15, 0.2) is 17.5 Å². The van der Waals surface area contributed by atoms with Crippen molar-refractivity contribution in [1.29, 1.82) is 0 Å². The maximum atomic E-state index is 8.60. The van der Waals surface area contributed by atoms with Crippen LogP contribution in [0.15, 0.2) is 144 Å². The third-order valence-corrected chi connectivity index (χ3v) is 7.22. The Morgan fingerprint density at radius 3 is 1.88 bits per heavy atom. The van der Waals surface area contributed by atoms with Crippen molar-refractivity contribution in [2.75, 3.05) is 0 Å². The summed E-state index contributed by atoms with van der Waals surface area (Å²) in [5.74, 6) is 0.611.